The second kappa shape index (κ2) is 5.83. The van der Waals surface area contributed by atoms with Crippen molar-refractivity contribution in [3.05, 3.63) is 46.0 Å². The second-order valence-electron chi connectivity index (χ2n) is 5.41. The Morgan fingerprint density at radius 1 is 1.35 bits per heavy atom. The molecule has 1 fully saturated rings. The van der Waals surface area contributed by atoms with Crippen molar-refractivity contribution in [1.82, 2.24) is 4.90 Å². The number of thiophene rings is 1. The Morgan fingerprint density at radius 2 is 2.20 bits per heavy atom. The molecule has 1 aliphatic carbocycles. The minimum Gasteiger partial charge on any atom is -0.467 e. The molecule has 0 bridgehead atoms. The molecule has 0 spiro atoms. The molecule has 20 heavy (non-hydrogen) atoms. The van der Waals surface area contributed by atoms with Gasteiger partial charge in [-0.1, -0.05) is 6.42 Å². The molecule has 106 valence electrons. The number of amides is 1. The summed E-state index contributed by atoms with van der Waals surface area (Å²) >= 11 is 1.76. The zero-order valence-electron chi connectivity index (χ0n) is 11.7. The summed E-state index contributed by atoms with van der Waals surface area (Å²) in [5.74, 6) is 1.36. The number of aryl methyl sites for hydroxylation is 1. The van der Waals surface area contributed by atoms with Crippen LogP contribution in [0.15, 0.2) is 34.9 Å². The monoisotopic (exact) mass is 289 g/mol. The van der Waals surface area contributed by atoms with Crippen LogP contribution in [0.5, 0.6) is 0 Å². The van der Waals surface area contributed by atoms with Crippen molar-refractivity contribution < 1.29 is 9.21 Å². The van der Waals surface area contributed by atoms with Gasteiger partial charge in [0.15, 0.2) is 0 Å². The third-order valence-electron chi connectivity index (χ3n) is 3.84. The first-order valence-electron chi connectivity index (χ1n) is 7.09. The van der Waals surface area contributed by atoms with Crippen molar-refractivity contribution in [1.29, 1.82) is 0 Å². The minimum atomic E-state index is 0.228. The van der Waals surface area contributed by atoms with Gasteiger partial charge in [-0.25, -0.2) is 0 Å². The van der Waals surface area contributed by atoms with Gasteiger partial charge in [0.2, 0.25) is 5.91 Å². The molecule has 2 aromatic heterocycles. The van der Waals surface area contributed by atoms with Crippen molar-refractivity contribution in [3.8, 4) is 0 Å². The van der Waals surface area contributed by atoms with Gasteiger partial charge >= 0.3 is 0 Å². The normalized spacial score (nSPS) is 15.1. The number of carbonyl (C=O) groups is 1. The molecule has 2 aromatic rings. The van der Waals surface area contributed by atoms with Crippen molar-refractivity contribution in [2.45, 2.75) is 39.3 Å². The number of furan rings is 1. The molecule has 0 radical (unpaired) electrons. The number of carbonyl (C=O) groups excluding carboxylic acids is 1. The minimum absolute atomic E-state index is 0.228. The molecule has 0 atom stereocenters. The lowest BCUT2D eigenvalue weighted by molar-refractivity contribution is -0.139. The second-order valence-corrected chi connectivity index (χ2v) is 6.79. The maximum atomic E-state index is 12.6. The van der Waals surface area contributed by atoms with Crippen molar-refractivity contribution in [2.24, 2.45) is 5.92 Å². The predicted molar refractivity (Wildman–Crippen MR) is 79.4 cm³/mol. The summed E-state index contributed by atoms with van der Waals surface area (Å²) in [6.07, 6.45) is 4.92. The maximum Gasteiger partial charge on any atom is 0.226 e. The van der Waals surface area contributed by atoms with Gasteiger partial charge in [0.25, 0.3) is 0 Å². The van der Waals surface area contributed by atoms with E-state index in [1.165, 1.54) is 16.2 Å². The predicted octanol–water partition coefficient (Wildman–Crippen LogP) is 3.98. The zero-order valence-corrected chi connectivity index (χ0v) is 12.5. The molecule has 0 N–H and O–H groups in total. The highest BCUT2D eigenvalue weighted by Crippen LogP contribution is 2.30. The van der Waals surface area contributed by atoms with Crippen LogP contribution >= 0.6 is 11.3 Å². The lowest BCUT2D eigenvalue weighted by Crippen LogP contribution is -2.37. The molecule has 1 saturated carbocycles. The maximum absolute atomic E-state index is 12.6. The molecule has 0 saturated heterocycles. The first kappa shape index (κ1) is 13.4. The zero-order chi connectivity index (χ0) is 13.9. The highest BCUT2D eigenvalue weighted by atomic mass is 32.1. The third kappa shape index (κ3) is 2.96. The molecule has 0 aliphatic heterocycles. The highest BCUT2D eigenvalue weighted by molar-refractivity contribution is 7.11. The van der Waals surface area contributed by atoms with Gasteiger partial charge in [0, 0.05) is 15.7 Å². The average molecular weight is 289 g/mol. The van der Waals surface area contributed by atoms with Gasteiger partial charge in [-0.15, -0.1) is 11.3 Å². The van der Waals surface area contributed by atoms with E-state index in [-0.39, 0.29) is 11.8 Å². The SMILES string of the molecule is Cc1ccc(CN(Cc2ccco2)C(=O)C2CCC2)s1. The first-order valence-corrected chi connectivity index (χ1v) is 7.90. The van der Waals surface area contributed by atoms with Crippen LogP contribution in [0.3, 0.4) is 0 Å². The van der Waals surface area contributed by atoms with E-state index in [4.69, 9.17) is 4.42 Å². The van der Waals surface area contributed by atoms with E-state index >= 15 is 0 Å². The Balaban J connectivity index is 1.73. The van der Waals surface area contributed by atoms with Gasteiger partial charge in [0.1, 0.15) is 5.76 Å². The fourth-order valence-corrected chi connectivity index (χ4v) is 3.38. The third-order valence-corrected chi connectivity index (χ3v) is 4.82. The van der Waals surface area contributed by atoms with E-state index in [1.807, 2.05) is 17.0 Å². The molecule has 0 aromatic carbocycles. The van der Waals surface area contributed by atoms with Gasteiger partial charge in [0.05, 0.1) is 19.4 Å². The van der Waals surface area contributed by atoms with E-state index in [1.54, 1.807) is 17.6 Å². The molecule has 3 nitrogen and oxygen atoms in total. The summed E-state index contributed by atoms with van der Waals surface area (Å²) in [5.41, 5.74) is 0. The number of hydrogen-bond donors (Lipinski definition) is 0. The summed E-state index contributed by atoms with van der Waals surface area (Å²) in [5, 5.41) is 0. The molecular formula is C16H19NO2S. The number of hydrogen-bond acceptors (Lipinski definition) is 3. The summed E-state index contributed by atoms with van der Waals surface area (Å²) < 4.78 is 5.40. The van der Waals surface area contributed by atoms with Crippen LogP contribution in [0.2, 0.25) is 0 Å². The molecule has 3 rings (SSSR count). The lowest BCUT2D eigenvalue weighted by Gasteiger charge is -2.31. The Morgan fingerprint density at radius 3 is 2.75 bits per heavy atom. The average Bonchev–Trinajstić information content (AvgIpc) is 2.98. The van der Waals surface area contributed by atoms with Gasteiger partial charge in [-0.2, -0.15) is 0 Å². The topological polar surface area (TPSA) is 33.5 Å². The highest BCUT2D eigenvalue weighted by Gasteiger charge is 2.30. The van der Waals surface area contributed by atoms with E-state index in [2.05, 4.69) is 19.1 Å². The Hall–Kier alpha value is -1.55. The molecule has 4 heteroatoms. The first-order chi connectivity index (χ1) is 9.72. The van der Waals surface area contributed by atoms with E-state index in [9.17, 15) is 4.79 Å². The van der Waals surface area contributed by atoms with Crippen LogP contribution in [0.1, 0.15) is 34.8 Å². The van der Waals surface area contributed by atoms with Crippen LogP contribution in [0.25, 0.3) is 0 Å². The Kier molecular flexibility index (Phi) is 3.92. The molecular weight excluding hydrogens is 270 g/mol. The van der Waals surface area contributed by atoms with Crippen molar-refractivity contribution >= 4 is 17.2 Å². The number of nitrogens with zero attached hydrogens (tertiary/aromatic N) is 1. The largest absolute Gasteiger partial charge is 0.467 e. The van der Waals surface area contributed by atoms with Crippen LogP contribution < -0.4 is 0 Å². The summed E-state index contributed by atoms with van der Waals surface area (Å²) in [6.45, 7) is 3.35. The van der Waals surface area contributed by atoms with Gasteiger partial charge < -0.3 is 9.32 Å². The van der Waals surface area contributed by atoms with Crippen LogP contribution in [-0.2, 0) is 17.9 Å². The molecule has 1 aliphatic rings. The number of rotatable bonds is 5. The van der Waals surface area contributed by atoms with E-state index < -0.39 is 0 Å². The molecule has 0 unspecified atom stereocenters. The quantitative estimate of drug-likeness (QED) is 0.834. The smallest absolute Gasteiger partial charge is 0.226 e. The fourth-order valence-electron chi connectivity index (χ4n) is 2.47. The van der Waals surface area contributed by atoms with Crippen molar-refractivity contribution in [2.75, 3.05) is 0 Å². The van der Waals surface area contributed by atoms with Crippen LogP contribution in [-0.4, -0.2) is 10.8 Å². The fraction of sp³-hybridized carbons (Fsp3) is 0.438. The molecule has 1 amide bonds. The summed E-state index contributed by atoms with van der Waals surface area (Å²) in [4.78, 5) is 17.0. The summed E-state index contributed by atoms with van der Waals surface area (Å²) in [7, 11) is 0. The Bertz CT molecular complexity index is 569. The van der Waals surface area contributed by atoms with Gasteiger partial charge in [-0.3, -0.25) is 4.79 Å². The van der Waals surface area contributed by atoms with Gasteiger partial charge in [-0.05, 0) is 44.0 Å². The van der Waals surface area contributed by atoms with Crippen LogP contribution in [0.4, 0.5) is 0 Å². The standard InChI is InChI=1S/C16H19NO2S/c1-12-7-8-15(20-12)11-17(10-14-6-3-9-19-14)16(18)13-4-2-5-13/h3,6-9,13H,2,4-5,10-11H2,1H3. The Labute approximate surface area is 123 Å². The van der Waals surface area contributed by atoms with Crippen molar-refractivity contribution in [3.63, 3.8) is 0 Å². The molecule has 2 heterocycles. The lowest BCUT2D eigenvalue weighted by atomic mass is 9.84. The van der Waals surface area contributed by atoms with E-state index in [0.717, 1.165) is 18.6 Å². The van der Waals surface area contributed by atoms with Crippen LogP contribution in [0, 0.1) is 12.8 Å². The van der Waals surface area contributed by atoms with E-state index in [0.29, 0.717) is 13.1 Å². The summed E-state index contributed by atoms with van der Waals surface area (Å²) in [6, 6.07) is 8.03.